The molecule has 1 aromatic heterocycles. The van der Waals surface area contributed by atoms with Crippen LogP contribution in [0, 0.1) is 5.92 Å². The number of rotatable bonds is 3. The first kappa shape index (κ1) is 11.7. The highest BCUT2D eigenvalue weighted by molar-refractivity contribution is 5.76. The molecule has 5 nitrogen and oxygen atoms in total. The third kappa shape index (κ3) is 2.41. The normalized spacial score (nSPS) is 27.2. The van der Waals surface area contributed by atoms with E-state index < -0.39 is 0 Å². The molecule has 0 saturated carbocycles. The van der Waals surface area contributed by atoms with Gasteiger partial charge in [-0.3, -0.25) is 4.79 Å². The molecular formula is C13H20N4O. The van der Waals surface area contributed by atoms with Crippen LogP contribution in [-0.4, -0.2) is 46.0 Å². The molecule has 2 fully saturated rings. The Kier molecular flexibility index (Phi) is 3.32. The zero-order valence-electron chi connectivity index (χ0n) is 10.6. The van der Waals surface area contributed by atoms with Crippen molar-refractivity contribution in [1.29, 1.82) is 0 Å². The zero-order valence-corrected chi connectivity index (χ0v) is 10.6. The van der Waals surface area contributed by atoms with Crippen LogP contribution in [0.5, 0.6) is 0 Å². The summed E-state index contributed by atoms with van der Waals surface area (Å²) < 4.78 is 1.96. The minimum absolute atomic E-state index is 0.278. The number of piperidine rings is 1. The molecular weight excluding hydrogens is 228 g/mol. The SMILES string of the molecule is O=C(CCn1ccnc1)N1CC2CCCNC2C1. The number of hydrogen-bond acceptors (Lipinski definition) is 3. The van der Waals surface area contributed by atoms with E-state index in [4.69, 9.17) is 0 Å². The van der Waals surface area contributed by atoms with Gasteiger partial charge in [0.2, 0.25) is 5.91 Å². The standard InChI is InChI=1S/C13H20N4O/c18-13(3-6-16-7-5-14-10-16)17-8-11-2-1-4-15-12(11)9-17/h5,7,10-12,15H,1-4,6,8-9H2. The Morgan fingerprint density at radius 1 is 1.44 bits per heavy atom. The molecule has 0 bridgehead atoms. The van der Waals surface area contributed by atoms with Crippen molar-refractivity contribution in [2.75, 3.05) is 19.6 Å². The lowest BCUT2D eigenvalue weighted by Crippen LogP contribution is -2.41. The fourth-order valence-corrected chi connectivity index (χ4v) is 3.05. The molecule has 2 aliphatic rings. The van der Waals surface area contributed by atoms with Gasteiger partial charge in [-0.2, -0.15) is 0 Å². The van der Waals surface area contributed by atoms with Gasteiger partial charge in [-0.1, -0.05) is 0 Å². The van der Waals surface area contributed by atoms with E-state index in [1.165, 1.54) is 12.8 Å². The van der Waals surface area contributed by atoms with Crippen LogP contribution in [0.4, 0.5) is 0 Å². The lowest BCUT2D eigenvalue weighted by molar-refractivity contribution is -0.130. The Hall–Kier alpha value is -1.36. The molecule has 0 radical (unpaired) electrons. The number of likely N-dealkylation sites (tertiary alicyclic amines) is 1. The van der Waals surface area contributed by atoms with Crippen molar-refractivity contribution in [3.8, 4) is 0 Å². The van der Waals surface area contributed by atoms with E-state index in [2.05, 4.69) is 10.3 Å². The molecule has 3 rings (SSSR count). The number of amides is 1. The number of nitrogens with zero attached hydrogens (tertiary/aromatic N) is 3. The maximum Gasteiger partial charge on any atom is 0.224 e. The first-order valence-electron chi connectivity index (χ1n) is 6.80. The number of fused-ring (bicyclic) bond motifs is 1. The van der Waals surface area contributed by atoms with Crippen molar-refractivity contribution >= 4 is 5.91 Å². The second-order valence-electron chi connectivity index (χ2n) is 5.31. The van der Waals surface area contributed by atoms with E-state index in [1.54, 1.807) is 12.5 Å². The number of carbonyl (C=O) groups is 1. The molecule has 0 spiro atoms. The molecule has 1 amide bonds. The highest BCUT2D eigenvalue weighted by Crippen LogP contribution is 2.25. The van der Waals surface area contributed by atoms with Gasteiger partial charge in [0.25, 0.3) is 0 Å². The Bertz CT molecular complexity index is 389. The number of aryl methyl sites for hydroxylation is 1. The molecule has 0 aromatic carbocycles. The predicted octanol–water partition coefficient (Wildman–Crippen LogP) is 0.484. The second-order valence-corrected chi connectivity index (χ2v) is 5.31. The summed E-state index contributed by atoms with van der Waals surface area (Å²) in [6, 6.07) is 0.538. The Labute approximate surface area is 107 Å². The van der Waals surface area contributed by atoms with Crippen LogP contribution in [0.1, 0.15) is 19.3 Å². The fraction of sp³-hybridized carbons (Fsp3) is 0.692. The van der Waals surface area contributed by atoms with Crippen LogP contribution in [0.2, 0.25) is 0 Å². The number of carbonyl (C=O) groups excluding carboxylic acids is 1. The van der Waals surface area contributed by atoms with Crippen molar-refractivity contribution < 1.29 is 4.79 Å². The molecule has 1 aromatic rings. The van der Waals surface area contributed by atoms with Crippen molar-refractivity contribution in [2.24, 2.45) is 5.92 Å². The van der Waals surface area contributed by atoms with Crippen molar-refractivity contribution in [2.45, 2.75) is 31.8 Å². The Morgan fingerprint density at radius 3 is 3.17 bits per heavy atom. The zero-order chi connectivity index (χ0) is 12.4. The van der Waals surface area contributed by atoms with Crippen LogP contribution in [0.15, 0.2) is 18.7 Å². The maximum absolute atomic E-state index is 12.1. The van der Waals surface area contributed by atoms with Gasteiger partial charge in [-0.15, -0.1) is 0 Å². The number of hydrogen-bond donors (Lipinski definition) is 1. The van der Waals surface area contributed by atoms with Gasteiger partial charge in [0.1, 0.15) is 0 Å². The molecule has 1 N–H and O–H groups in total. The van der Waals surface area contributed by atoms with E-state index in [1.807, 2.05) is 15.7 Å². The van der Waals surface area contributed by atoms with E-state index in [-0.39, 0.29) is 5.91 Å². The van der Waals surface area contributed by atoms with Crippen molar-refractivity contribution in [3.63, 3.8) is 0 Å². The summed E-state index contributed by atoms with van der Waals surface area (Å²) in [5.74, 6) is 0.954. The fourth-order valence-electron chi connectivity index (χ4n) is 3.05. The molecule has 3 heterocycles. The summed E-state index contributed by atoms with van der Waals surface area (Å²) in [7, 11) is 0. The number of imidazole rings is 1. The van der Waals surface area contributed by atoms with Gasteiger partial charge >= 0.3 is 0 Å². The van der Waals surface area contributed by atoms with Gasteiger partial charge < -0.3 is 14.8 Å². The minimum atomic E-state index is 0.278. The van der Waals surface area contributed by atoms with Gasteiger partial charge in [0.05, 0.1) is 6.33 Å². The maximum atomic E-state index is 12.1. The topological polar surface area (TPSA) is 50.2 Å². The van der Waals surface area contributed by atoms with Crippen LogP contribution in [0.3, 0.4) is 0 Å². The summed E-state index contributed by atoms with van der Waals surface area (Å²) in [5.41, 5.74) is 0. The predicted molar refractivity (Wildman–Crippen MR) is 67.9 cm³/mol. The summed E-state index contributed by atoms with van der Waals surface area (Å²) >= 11 is 0. The number of nitrogens with one attached hydrogen (secondary N) is 1. The molecule has 98 valence electrons. The second kappa shape index (κ2) is 5.10. The molecule has 2 saturated heterocycles. The lowest BCUT2D eigenvalue weighted by atomic mass is 9.94. The quantitative estimate of drug-likeness (QED) is 0.846. The van der Waals surface area contributed by atoms with Gasteiger partial charge in [0, 0.05) is 44.5 Å². The van der Waals surface area contributed by atoms with Gasteiger partial charge in [-0.25, -0.2) is 4.98 Å². The van der Waals surface area contributed by atoms with E-state index >= 15 is 0 Å². The van der Waals surface area contributed by atoms with Crippen molar-refractivity contribution in [1.82, 2.24) is 19.8 Å². The molecule has 18 heavy (non-hydrogen) atoms. The third-order valence-electron chi connectivity index (χ3n) is 4.09. The average Bonchev–Trinajstić information content (AvgIpc) is 3.04. The van der Waals surface area contributed by atoms with Crippen LogP contribution in [0.25, 0.3) is 0 Å². The highest BCUT2D eigenvalue weighted by atomic mass is 16.2. The van der Waals surface area contributed by atoms with Crippen LogP contribution in [-0.2, 0) is 11.3 Å². The van der Waals surface area contributed by atoms with E-state index in [0.717, 1.165) is 26.2 Å². The molecule has 2 unspecified atom stereocenters. The first-order chi connectivity index (χ1) is 8.83. The van der Waals surface area contributed by atoms with Gasteiger partial charge in [-0.05, 0) is 25.3 Å². The first-order valence-corrected chi connectivity index (χ1v) is 6.80. The van der Waals surface area contributed by atoms with Gasteiger partial charge in [0.15, 0.2) is 0 Å². The average molecular weight is 248 g/mol. The van der Waals surface area contributed by atoms with Crippen molar-refractivity contribution in [3.05, 3.63) is 18.7 Å². The molecule has 2 aliphatic heterocycles. The van der Waals surface area contributed by atoms with Crippen LogP contribution < -0.4 is 5.32 Å². The molecule has 0 aliphatic carbocycles. The van der Waals surface area contributed by atoms with E-state index in [9.17, 15) is 4.79 Å². The number of aromatic nitrogens is 2. The molecule has 5 heteroatoms. The largest absolute Gasteiger partial charge is 0.341 e. The minimum Gasteiger partial charge on any atom is -0.341 e. The Balaban J connectivity index is 1.51. The summed E-state index contributed by atoms with van der Waals surface area (Å²) in [6.07, 6.45) is 8.51. The Morgan fingerprint density at radius 2 is 2.39 bits per heavy atom. The summed E-state index contributed by atoms with van der Waals surface area (Å²) in [5, 5.41) is 3.53. The monoisotopic (exact) mass is 248 g/mol. The molecule has 2 atom stereocenters. The smallest absolute Gasteiger partial charge is 0.224 e. The highest BCUT2D eigenvalue weighted by Gasteiger charge is 2.35. The van der Waals surface area contributed by atoms with E-state index in [0.29, 0.717) is 18.4 Å². The summed E-state index contributed by atoms with van der Waals surface area (Å²) in [4.78, 5) is 18.2. The lowest BCUT2D eigenvalue weighted by Gasteiger charge is -2.24. The summed E-state index contributed by atoms with van der Waals surface area (Å²) in [6.45, 7) is 3.68. The van der Waals surface area contributed by atoms with Crippen LogP contribution >= 0.6 is 0 Å². The third-order valence-corrected chi connectivity index (χ3v) is 4.09.